The van der Waals surface area contributed by atoms with E-state index in [-0.39, 0.29) is 28.1 Å². The maximum atomic E-state index is 14.1. The first kappa shape index (κ1) is 18.6. The molecule has 0 amide bonds. The van der Waals surface area contributed by atoms with Gasteiger partial charge >= 0.3 is 12.1 Å². The molecule has 2 rings (SSSR count). The molecule has 1 atom stereocenters. The Morgan fingerprint density at radius 3 is 2.04 bits per heavy atom. The largest absolute Gasteiger partial charge is 0.507 e. The summed E-state index contributed by atoms with van der Waals surface area (Å²) in [5.41, 5.74) is -2.91. The van der Waals surface area contributed by atoms with Crippen molar-refractivity contribution in [1.82, 2.24) is 0 Å². The van der Waals surface area contributed by atoms with Gasteiger partial charge in [-0.1, -0.05) is 18.2 Å². The fraction of sp³-hybridized carbons (Fsp3) is 0.278. The van der Waals surface area contributed by atoms with Gasteiger partial charge in [0.1, 0.15) is 5.75 Å². The third kappa shape index (κ3) is 3.26. The fourth-order valence-electron chi connectivity index (χ4n) is 2.65. The number of hydrogen-bond acceptors (Lipinski definition) is 4. The van der Waals surface area contributed by atoms with Crippen molar-refractivity contribution in [3.63, 3.8) is 0 Å². The van der Waals surface area contributed by atoms with Crippen molar-refractivity contribution in [2.45, 2.75) is 25.6 Å². The van der Waals surface area contributed by atoms with Gasteiger partial charge in [0, 0.05) is 5.69 Å². The van der Waals surface area contributed by atoms with Crippen LogP contribution in [0.3, 0.4) is 0 Å². The van der Waals surface area contributed by atoms with E-state index in [1.165, 1.54) is 26.0 Å². The number of ether oxygens (including phenoxy) is 1. The molecule has 0 bridgehead atoms. The molecule has 2 aromatic carbocycles. The number of esters is 1. The summed E-state index contributed by atoms with van der Waals surface area (Å²) in [7, 11) is 0.898. The van der Waals surface area contributed by atoms with Crippen LogP contribution in [0.5, 0.6) is 5.75 Å². The van der Waals surface area contributed by atoms with E-state index in [0.29, 0.717) is 0 Å². The monoisotopic (exact) mass is 353 g/mol. The first-order valence-electron chi connectivity index (χ1n) is 7.42. The minimum atomic E-state index is -4.99. The predicted molar refractivity (Wildman–Crippen MR) is 87.4 cm³/mol. The number of benzene rings is 2. The van der Waals surface area contributed by atoms with Gasteiger partial charge < -0.3 is 15.2 Å². The molecule has 0 spiro atoms. The van der Waals surface area contributed by atoms with Crippen LogP contribution in [0, 0.1) is 13.8 Å². The topological polar surface area (TPSA) is 58.6 Å². The number of methoxy groups -OCH3 is 1. The standard InChI is InChI=1S/C18H18F3NO3/c1-11-9-13(10-12(2)15(11)23)17(16(24)25-3,18(19,20)21)22-14-7-5-4-6-8-14/h4-10,22-23H,1-3H3. The van der Waals surface area contributed by atoms with E-state index in [0.717, 1.165) is 19.2 Å². The lowest BCUT2D eigenvalue weighted by Crippen LogP contribution is -2.55. The zero-order valence-electron chi connectivity index (χ0n) is 13.9. The van der Waals surface area contributed by atoms with Crippen LogP contribution in [-0.2, 0) is 15.1 Å². The van der Waals surface area contributed by atoms with Crippen molar-refractivity contribution >= 4 is 11.7 Å². The Labute approximate surface area is 143 Å². The van der Waals surface area contributed by atoms with Crippen molar-refractivity contribution in [2.24, 2.45) is 0 Å². The summed E-state index contributed by atoms with van der Waals surface area (Å²) in [5, 5.41) is 12.2. The Morgan fingerprint density at radius 1 is 1.08 bits per heavy atom. The molecule has 1 unspecified atom stereocenters. The molecular weight excluding hydrogens is 335 g/mol. The highest BCUT2D eigenvalue weighted by molar-refractivity contribution is 5.87. The molecule has 0 aliphatic rings. The number of para-hydroxylation sites is 1. The minimum Gasteiger partial charge on any atom is -0.507 e. The van der Waals surface area contributed by atoms with Gasteiger partial charge in [0.25, 0.3) is 5.54 Å². The van der Waals surface area contributed by atoms with E-state index in [2.05, 4.69) is 10.1 Å². The number of hydrogen-bond donors (Lipinski definition) is 2. The van der Waals surface area contributed by atoms with Gasteiger partial charge in [-0.2, -0.15) is 13.2 Å². The van der Waals surface area contributed by atoms with Gasteiger partial charge in [0.05, 0.1) is 7.11 Å². The summed E-state index contributed by atoms with van der Waals surface area (Å²) in [6, 6.07) is 9.84. The summed E-state index contributed by atoms with van der Waals surface area (Å²) in [5.74, 6) is -1.61. The quantitative estimate of drug-likeness (QED) is 0.814. The van der Waals surface area contributed by atoms with Crippen LogP contribution < -0.4 is 5.32 Å². The molecule has 2 aromatic rings. The molecule has 134 valence electrons. The minimum absolute atomic E-state index is 0.105. The number of carbonyl (C=O) groups is 1. The highest BCUT2D eigenvalue weighted by Gasteiger charge is 2.63. The van der Waals surface area contributed by atoms with Gasteiger partial charge in [-0.15, -0.1) is 0 Å². The van der Waals surface area contributed by atoms with Crippen LogP contribution in [0.15, 0.2) is 42.5 Å². The van der Waals surface area contributed by atoms with Crippen molar-refractivity contribution in [3.05, 3.63) is 59.2 Å². The van der Waals surface area contributed by atoms with Crippen molar-refractivity contribution < 1.29 is 27.8 Å². The second-order valence-corrected chi connectivity index (χ2v) is 5.69. The molecule has 7 heteroatoms. The molecule has 0 aliphatic carbocycles. The molecule has 0 aliphatic heterocycles. The summed E-state index contributed by atoms with van der Waals surface area (Å²) in [4.78, 5) is 12.3. The number of aromatic hydroxyl groups is 1. The summed E-state index contributed by atoms with van der Waals surface area (Å²) in [6.45, 7) is 2.93. The van der Waals surface area contributed by atoms with Crippen molar-refractivity contribution in [2.75, 3.05) is 12.4 Å². The summed E-state index contributed by atoms with van der Waals surface area (Å²) >= 11 is 0. The lowest BCUT2D eigenvalue weighted by Gasteiger charge is -2.35. The highest BCUT2D eigenvalue weighted by atomic mass is 19.4. The lowest BCUT2D eigenvalue weighted by atomic mass is 9.86. The van der Waals surface area contributed by atoms with Crippen LogP contribution >= 0.6 is 0 Å². The van der Waals surface area contributed by atoms with Gasteiger partial charge in [0.2, 0.25) is 0 Å². The SMILES string of the molecule is COC(=O)C(Nc1ccccc1)(c1cc(C)c(O)c(C)c1)C(F)(F)F. The third-order valence-corrected chi connectivity index (χ3v) is 3.95. The van der Waals surface area contributed by atoms with Crippen molar-refractivity contribution in [3.8, 4) is 5.75 Å². The molecule has 25 heavy (non-hydrogen) atoms. The van der Waals surface area contributed by atoms with Crippen LogP contribution in [0.25, 0.3) is 0 Å². The van der Waals surface area contributed by atoms with Crippen LogP contribution in [-0.4, -0.2) is 24.4 Å². The van der Waals surface area contributed by atoms with Gasteiger partial charge in [-0.05, 0) is 54.8 Å². The van der Waals surface area contributed by atoms with E-state index < -0.39 is 17.7 Å². The number of rotatable bonds is 4. The highest BCUT2D eigenvalue weighted by Crippen LogP contribution is 2.44. The number of alkyl halides is 3. The number of nitrogens with one attached hydrogen (secondary N) is 1. The van der Waals surface area contributed by atoms with Crippen LogP contribution in [0.1, 0.15) is 16.7 Å². The normalized spacial score (nSPS) is 13.8. The molecule has 0 heterocycles. The number of aryl methyl sites for hydroxylation is 2. The maximum Gasteiger partial charge on any atom is 0.426 e. The Kier molecular flexibility index (Phi) is 4.97. The molecule has 0 saturated carbocycles. The number of phenols is 1. The summed E-state index contributed by atoms with van der Waals surface area (Å²) in [6.07, 6.45) is -4.99. The molecule has 0 fully saturated rings. The molecule has 2 N–H and O–H groups in total. The molecule has 0 saturated heterocycles. The average molecular weight is 353 g/mol. The Morgan fingerprint density at radius 2 is 1.60 bits per heavy atom. The fourth-order valence-corrected chi connectivity index (χ4v) is 2.65. The van der Waals surface area contributed by atoms with Crippen LogP contribution in [0.4, 0.5) is 18.9 Å². The van der Waals surface area contributed by atoms with Gasteiger partial charge in [-0.3, -0.25) is 0 Å². The van der Waals surface area contributed by atoms with Crippen LogP contribution in [0.2, 0.25) is 0 Å². The van der Waals surface area contributed by atoms with Gasteiger partial charge in [0.15, 0.2) is 0 Å². The smallest absolute Gasteiger partial charge is 0.426 e. The van der Waals surface area contributed by atoms with E-state index in [1.807, 2.05) is 0 Å². The summed E-state index contributed by atoms with van der Waals surface area (Å²) < 4.78 is 46.9. The molecule has 0 radical (unpaired) electrons. The van der Waals surface area contributed by atoms with E-state index in [1.54, 1.807) is 18.2 Å². The second-order valence-electron chi connectivity index (χ2n) is 5.69. The first-order valence-corrected chi connectivity index (χ1v) is 7.42. The van der Waals surface area contributed by atoms with E-state index in [4.69, 9.17) is 0 Å². The Hall–Kier alpha value is -2.70. The van der Waals surface area contributed by atoms with E-state index in [9.17, 15) is 23.1 Å². The number of phenolic OH excluding ortho intramolecular Hbond substituents is 1. The number of carbonyl (C=O) groups excluding carboxylic acids is 1. The molecule has 0 aromatic heterocycles. The first-order chi connectivity index (χ1) is 11.6. The second kappa shape index (κ2) is 6.66. The molecular formula is C18H18F3NO3. The predicted octanol–water partition coefficient (Wildman–Crippen LogP) is 4.05. The third-order valence-electron chi connectivity index (χ3n) is 3.95. The molecule has 4 nitrogen and oxygen atoms in total. The Balaban J connectivity index is 2.76. The number of anilines is 1. The average Bonchev–Trinajstić information content (AvgIpc) is 2.56. The van der Waals surface area contributed by atoms with E-state index >= 15 is 0 Å². The zero-order valence-corrected chi connectivity index (χ0v) is 13.9. The van der Waals surface area contributed by atoms with Gasteiger partial charge in [-0.25, -0.2) is 4.79 Å². The van der Waals surface area contributed by atoms with Crippen molar-refractivity contribution in [1.29, 1.82) is 0 Å². The lowest BCUT2D eigenvalue weighted by molar-refractivity contribution is -0.201. The Bertz CT molecular complexity index is 752. The zero-order chi connectivity index (χ0) is 18.8. The maximum absolute atomic E-state index is 14.1. The number of halogens is 3.